The number of hydrogen-bond donors (Lipinski definition) is 0. The second-order valence-corrected chi connectivity index (χ2v) is 37.6. The molecule has 0 bridgehead atoms. The molecule has 6 heteroatoms. The van der Waals surface area contributed by atoms with Crippen molar-refractivity contribution in [3.8, 4) is 67.5 Å². The van der Waals surface area contributed by atoms with Gasteiger partial charge in [-0.2, -0.15) is 0 Å². The third kappa shape index (κ3) is 12.5. The number of hydrogen-bond acceptors (Lipinski definition) is 0. The summed E-state index contributed by atoms with van der Waals surface area (Å²) in [7, 11) is 0. The predicted octanol–water partition coefficient (Wildman–Crippen LogP) is 36.7. The first-order chi connectivity index (χ1) is 70.5. The van der Waals surface area contributed by atoms with E-state index < -0.39 is 0 Å². The summed E-state index contributed by atoms with van der Waals surface area (Å²) in [6.45, 7) is 0. The Kier molecular flexibility index (Phi) is 18.3. The molecule has 6 nitrogen and oxygen atoms in total. The van der Waals surface area contributed by atoms with Crippen LogP contribution in [0.25, 0.3) is 274 Å². The molecule has 0 saturated carbocycles. The Morgan fingerprint density at radius 3 is 0.725 bits per heavy atom. The van der Waals surface area contributed by atoms with E-state index in [0.29, 0.717) is 0 Å². The van der Waals surface area contributed by atoms with Gasteiger partial charge in [-0.05, 0) is 250 Å². The summed E-state index contributed by atoms with van der Waals surface area (Å²) in [6.07, 6.45) is 0. The van der Waals surface area contributed by atoms with Gasteiger partial charge in [-0.1, -0.05) is 364 Å². The fourth-order valence-corrected chi connectivity index (χ4v) is 23.9. The molecule has 0 spiro atoms. The molecule has 0 amide bonds. The largest absolute Gasteiger partial charge is 0.309 e. The van der Waals surface area contributed by atoms with Crippen LogP contribution < -0.4 is 0 Å². The van der Waals surface area contributed by atoms with E-state index in [4.69, 9.17) is 0 Å². The van der Waals surface area contributed by atoms with Crippen molar-refractivity contribution in [3.63, 3.8) is 0 Å². The molecule has 0 saturated heterocycles. The molecule has 660 valence electrons. The Labute approximate surface area is 817 Å². The lowest BCUT2D eigenvalue weighted by molar-refractivity contribution is 1.18. The smallest absolute Gasteiger partial charge is 0.0626 e. The van der Waals surface area contributed by atoms with Crippen LogP contribution in [-0.2, 0) is 0 Å². The summed E-state index contributed by atoms with van der Waals surface area (Å²) in [4.78, 5) is 0. The first-order valence-corrected chi connectivity index (χ1v) is 49.0. The van der Waals surface area contributed by atoms with Gasteiger partial charge in [0, 0.05) is 115 Å². The summed E-state index contributed by atoms with van der Waals surface area (Å²) < 4.78 is 14.7. The van der Waals surface area contributed by atoms with Crippen molar-refractivity contribution in [1.82, 2.24) is 27.4 Å². The number of nitrogens with zero attached hydrogens (tertiary/aromatic N) is 6. The van der Waals surface area contributed by atoms with Gasteiger partial charge in [-0.25, -0.2) is 0 Å². The maximum atomic E-state index is 2.49. The van der Waals surface area contributed by atoms with Crippen LogP contribution in [0.5, 0.6) is 0 Å². The monoisotopic (exact) mass is 1800 g/mol. The highest BCUT2D eigenvalue weighted by Crippen LogP contribution is 2.52. The van der Waals surface area contributed by atoms with Gasteiger partial charge in [0.2, 0.25) is 0 Å². The van der Waals surface area contributed by atoms with Gasteiger partial charge < -0.3 is 27.4 Å². The molecule has 6 heterocycles. The molecular weight excluding hydrogens is 1720 g/mol. The fraction of sp³-hybridized carbons (Fsp3) is 0. The second-order valence-electron chi connectivity index (χ2n) is 37.6. The fourth-order valence-electron chi connectivity index (χ4n) is 23.9. The van der Waals surface area contributed by atoms with Gasteiger partial charge in [0.25, 0.3) is 0 Å². The Balaban J connectivity index is 0.000000102. The zero-order valence-electron chi connectivity index (χ0n) is 77.3. The highest BCUT2D eigenvalue weighted by molar-refractivity contribution is 6.32. The lowest BCUT2D eigenvalue weighted by Gasteiger charge is -2.15. The van der Waals surface area contributed by atoms with Gasteiger partial charge in [0.15, 0.2) is 0 Å². The number of para-hydroxylation sites is 8. The van der Waals surface area contributed by atoms with Crippen molar-refractivity contribution in [2.75, 3.05) is 0 Å². The molecule has 0 aliphatic carbocycles. The van der Waals surface area contributed by atoms with E-state index in [1.165, 1.54) is 257 Å². The van der Waals surface area contributed by atoms with Crippen LogP contribution in [0.2, 0.25) is 0 Å². The SMILES string of the molecule is c1ccc(-n2c3ccc4ccccc4c3c3cc4ccccc4c(-c4ccc5c(c4)c4ccccc4n5-c4ccc5ccccc5c4)c32)cc1.c1ccc(-n2c3ccccc3c3cc(-c4c5ccccc5cc5c6c7ccccc7ccc6n(-c6ccccc6)c45)ccc32)cc1.c1ccc(-n2c3ccccc3c3ccc(-c4c5ccccc5cc5c6c7ccccc7ccc6n(-c6ccccc6)c45)cc32)cc1. The van der Waals surface area contributed by atoms with Crippen LogP contribution in [0, 0.1) is 0 Å². The van der Waals surface area contributed by atoms with Gasteiger partial charge in [-0.15, -0.1) is 0 Å². The van der Waals surface area contributed by atoms with Gasteiger partial charge >= 0.3 is 0 Å². The average Bonchev–Trinajstić information content (AvgIpc) is 1.55. The zero-order valence-corrected chi connectivity index (χ0v) is 77.3. The molecule has 142 heavy (non-hydrogen) atoms. The van der Waals surface area contributed by atoms with Crippen molar-refractivity contribution in [3.05, 3.63) is 522 Å². The predicted molar refractivity (Wildman–Crippen MR) is 604 cm³/mol. The van der Waals surface area contributed by atoms with Crippen molar-refractivity contribution in [2.45, 2.75) is 0 Å². The van der Waals surface area contributed by atoms with Gasteiger partial charge in [-0.3, -0.25) is 0 Å². The number of fused-ring (bicyclic) bond motifs is 28. The first-order valence-electron chi connectivity index (χ1n) is 49.0. The van der Waals surface area contributed by atoms with E-state index >= 15 is 0 Å². The number of benzene rings is 25. The summed E-state index contributed by atoms with van der Waals surface area (Å²) in [5.41, 5.74) is 29.0. The molecule has 0 atom stereocenters. The lowest BCUT2D eigenvalue weighted by atomic mass is 9.93. The van der Waals surface area contributed by atoms with Gasteiger partial charge in [0.1, 0.15) is 0 Å². The molecule has 0 fully saturated rings. The van der Waals surface area contributed by atoms with Crippen LogP contribution in [0.15, 0.2) is 522 Å². The maximum absolute atomic E-state index is 2.49. The topological polar surface area (TPSA) is 29.6 Å². The Morgan fingerprint density at radius 2 is 0.352 bits per heavy atom. The van der Waals surface area contributed by atoms with Crippen LogP contribution in [0.1, 0.15) is 0 Å². The number of aromatic nitrogens is 6. The molecule has 6 aromatic heterocycles. The third-order valence-corrected chi connectivity index (χ3v) is 29.9. The molecule has 0 unspecified atom stereocenters. The van der Waals surface area contributed by atoms with Crippen molar-refractivity contribution < 1.29 is 0 Å². The normalized spacial score (nSPS) is 11.9. The summed E-state index contributed by atoms with van der Waals surface area (Å²) >= 11 is 0. The molecule has 0 N–H and O–H groups in total. The van der Waals surface area contributed by atoms with E-state index in [-0.39, 0.29) is 0 Å². The standard InChI is InChI=1S/C48H30N2.2C44H28N2/c1-2-16-36(17-3-1)50-45-27-23-32-13-6-8-18-38(32)47(45)42-29-34-15-7-9-19-39(34)46(48(42)50)35-24-26-44-41(30-35)40-20-10-11-21-43(40)49(44)37-25-22-31-12-4-5-14-33(31)28-37;1-3-15-32(16-4-1)45-39-22-12-11-21-36(39)37-28-31(24-25-40(37)45)42-35-20-10-8-14-30(35)27-38-43-34-19-9-7-13-29(34)23-26-41(43)46(44(38)42)33-17-5-2-6-18-33;1-3-15-32(16-4-1)45-39-22-12-11-21-36(39)37-25-23-31(28-41(37)45)42-35-20-10-8-14-30(35)27-38-43-34-19-9-7-13-29(34)24-26-40(43)46(44(38)42)33-17-5-2-6-18-33/h1-30H;2*1-28H. The summed E-state index contributed by atoms with van der Waals surface area (Å²) in [5.74, 6) is 0. The summed E-state index contributed by atoms with van der Waals surface area (Å²) in [6, 6.07) is 191. The van der Waals surface area contributed by atoms with E-state index in [9.17, 15) is 0 Å². The minimum absolute atomic E-state index is 1.16. The summed E-state index contributed by atoms with van der Waals surface area (Å²) in [5, 5.41) is 32.8. The first kappa shape index (κ1) is 80.4. The number of rotatable bonds is 9. The van der Waals surface area contributed by atoms with Crippen LogP contribution in [-0.4, -0.2) is 27.4 Å². The molecule has 31 rings (SSSR count). The molecule has 0 aliphatic heterocycles. The Morgan fingerprint density at radius 1 is 0.106 bits per heavy atom. The molecular formula is C136H86N6. The van der Waals surface area contributed by atoms with Crippen LogP contribution in [0.3, 0.4) is 0 Å². The third-order valence-electron chi connectivity index (χ3n) is 29.9. The van der Waals surface area contributed by atoms with Gasteiger partial charge in [0.05, 0.1) is 66.2 Å². The van der Waals surface area contributed by atoms with Crippen molar-refractivity contribution >= 4 is 206 Å². The minimum atomic E-state index is 1.16. The van der Waals surface area contributed by atoms with Crippen LogP contribution >= 0.6 is 0 Å². The minimum Gasteiger partial charge on any atom is -0.309 e. The lowest BCUT2D eigenvalue weighted by Crippen LogP contribution is -1.97. The average molecular weight is 1800 g/mol. The second kappa shape index (κ2) is 32.4. The Hall–Kier alpha value is -18.9. The van der Waals surface area contributed by atoms with Crippen molar-refractivity contribution in [1.29, 1.82) is 0 Å². The van der Waals surface area contributed by atoms with E-state index in [2.05, 4.69) is 549 Å². The highest BCUT2D eigenvalue weighted by Gasteiger charge is 2.29. The maximum Gasteiger partial charge on any atom is 0.0626 e. The molecule has 0 aliphatic rings. The molecule has 25 aromatic carbocycles. The Bertz CT molecular complexity index is 10600. The quantitative estimate of drug-likeness (QED) is 0.138. The van der Waals surface area contributed by atoms with E-state index in [1.54, 1.807) is 0 Å². The van der Waals surface area contributed by atoms with Crippen molar-refractivity contribution in [2.24, 2.45) is 0 Å². The zero-order chi connectivity index (χ0) is 93.1. The highest BCUT2D eigenvalue weighted by atomic mass is 15.0. The van der Waals surface area contributed by atoms with E-state index in [1.807, 2.05) is 0 Å². The molecule has 31 aromatic rings. The van der Waals surface area contributed by atoms with E-state index in [0.717, 1.165) is 17.1 Å². The van der Waals surface area contributed by atoms with Crippen LogP contribution in [0.4, 0.5) is 0 Å². The molecule has 0 radical (unpaired) electrons.